The molecule has 6 nitrogen and oxygen atoms in total. The normalized spacial score (nSPS) is 14.0. The molecule has 0 bridgehead atoms. The third kappa shape index (κ3) is 5.97. The molecule has 0 saturated carbocycles. The van der Waals surface area contributed by atoms with Gasteiger partial charge in [-0.15, -0.1) is 0 Å². The van der Waals surface area contributed by atoms with E-state index in [-0.39, 0.29) is 5.91 Å². The number of nitrogens with one attached hydrogen (secondary N) is 2. The zero-order valence-corrected chi connectivity index (χ0v) is 21.8. The van der Waals surface area contributed by atoms with Crippen molar-refractivity contribution < 1.29 is 9.53 Å². The second-order valence-corrected chi connectivity index (χ2v) is 9.86. The number of likely N-dealkylation sites (tertiary alicyclic amines) is 1. The highest BCUT2D eigenvalue weighted by Gasteiger charge is 2.17. The Hall–Kier alpha value is -3.37. The van der Waals surface area contributed by atoms with E-state index in [2.05, 4.69) is 27.0 Å². The van der Waals surface area contributed by atoms with Crippen LogP contribution in [0.15, 0.2) is 48.7 Å². The lowest BCUT2D eigenvalue weighted by Gasteiger charge is -2.23. The molecule has 7 heteroatoms. The number of aromatic nitrogens is 2. The average molecular weight is 515 g/mol. The summed E-state index contributed by atoms with van der Waals surface area (Å²) in [5.41, 5.74) is 4.79. The van der Waals surface area contributed by atoms with Gasteiger partial charge < -0.3 is 15.0 Å². The topological polar surface area (TPSA) is 70.2 Å². The van der Waals surface area contributed by atoms with E-state index < -0.39 is 0 Å². The Labute approximate surface area is 222 Å². The smallest absolute Gasteiger partial charge is 0.252 e. The summed E-state index contributed by atoms with van der Waals surface area (Å²) < 4.78 is 5.12. The molecular formula is C30H31ClN4O2. The van der Waals surface area contributed by atoms with E-state index in [1.54, 1.807) is 7.11 Å². The number of nitrogens with zero attached hydrogens (tertiary/aromatic N) is 2. The van der Waals surface area contributed by atoms with Crippen LogP contribution >= 0.6 is 11.6 Å². The van der Waals surface area contributed by atoms with Gasteiger partial charge >= 0.3 is 0 Å². The summed E-state index contributed by atoms with van der Waals surface area (Å²) in [6, 6.07) is 13.5. The summed E-state index contributed by atoms with van der Waals surface area (Å²) >= 11 is 6.28. The fourth-order valence-corrected chi connectivity index (χ4v) is 4.99. The number of aromatic amines is 1. The third-order valence-electron chi connectivity index (χ3n) is 6.77. The van der Waals surface area contributed by atoms with E-state index in [0.29, 0.717) is 29.4 Å². The zero-order chi connectivity index (χ0) is 25.6. The molecule has 0 aliphatic carbocycles. The summed E-state index contributed by atoms with van der Waals surface area (Å²) in [5, 5.41) is 5.43. The molecule has 37 heavy (non-hydrogen) atoms. The summed E-state index contributed by atoms with van der Waals surface area (Å²) in [6.45, 7) is 4.13. The van der Waals surface area contributed by atoms with E-state index in [9.17, 15) is 4.79 Å². The van der Waals surface area contributed by atoms with Gasteiger partial charge in [0.05, 0.1) is 23.3 Å². The van der Waals surface area contributed by atoms with Crippen LogP contribution in [0.25, 0.3) is 33.1 Å². The first-order valence-corrected chi connectivity index (χ1v) is 13.2. The van der Waals surface area contributed by atoms with Crippen molar-refractivity contribution in [3.63, 3.8) is 0 Å². The van der Waals surface area contributed by atoms with Crippen LogP contribution < -0.4 is 5.32 Å². The first kappa shape index (κ1) is 25.3. The largest absolute Gasteiger partial charge is 0.385 e. The maximum Gasteiger partial charge on any atom is 0.252 e. The van der Waals surface area contributed by atoms with Crippen LogP contribution in [0.5, 0.6) is 0 Å². The van der Waals surface area contributed by atoms with Gasteiger partial charge in [0, 0.05) is 58.9 Å². The number of H-pyrrole nitrogens is 1. The molecule has 1 fully saturated rings. The first-order valence-electron chi connectivity index (χ1n) is 12.8. The zero-order valence-electron chi connectivity index (χ0n) is 21.1. The number of hydrogen-bond acceptors (Lipinski definition) is 4. The Morgan fingerprint density at radius 2 is 2.00 bits per heavy atom. The Balaban J connectivity index is 1.51. The minimum absolute atomic E-state index is 0.138. The maximum atomic E-state index is 13.3. The highest BCUT2D eigenvalue weighted by Crippen LogP contribution is 2.32. The standard InChI is InChI=1S/C30H31ClN4O2/c1-37-16-6-12-32-30(36)25-19-29(26-20-33-27-11-9-22(31)18-24(26)27)34-28-10-8-21(17-23(25)28)7-5-15-35-13-3-2-4-14-35/h8-11,17-20,33H,2-4,6,12-16H2,1H3,(H,32,36). The first-order chi connectivity index (χ1) is 18.1. The minimum Gasteiger partial charge on any atom is -0.385 e. The van der Waals surface area contributed by atoms with Crippen LogP contribution in [0.4, 0.5) is 0 Å². The van der Waals surface area contributed by atoms with Crippen molar-refractivity contribution in [1.82, 2.24) is 20.2 Å². The van der Waals surface area contributed by atoms with Crippen molar-refractivity contribution >= 4 is 39.3 Å². The van der Waals surface area contributed by atoms with E-state index in [1.165, 1.54) is 19.3 Å². The summed E-state index contributed by atoms with van der Waals surface area (Å²) in [7, 11) is 1.66. The monoisotopic (exact) mass is 514 g/mol. The van der Waals surface area contributed by atoms with Crippen molar-refractivity contribution in [3.8, 4) is 23.1 Å². The third-order valence-corrected chi connectivity index (χ3v) is 7.00. The van der Waals surface area contributed by atoms with E-state index in [1.807, 2.05) is 48.7 Å². The van der Waals surface area contributed by atoms with Crippen LogP contribution in [0, 0.1) is 11.8 Å². The lowest BCUT2D eigenvalue weighted by molar-refractivity contribution is 0.0950. The molecule has 3 heterocycles. The highest BCUT2D eigenvalue weighted by atomic mass is 35.5. The summed E-state index contributed by atoms with van der Waals surface area (Å²) in [6.07, 6.45) is 6.46. The van der Waals surface area contributed by atoms with Gasteiger partial charge in [0.2, 0.25) is 0 Å². The van der Waals surface area contributed by atoms with E-state index in [4.69, 9.17) is 21.3 Å². The molecule has 0 spiro atoms. The molecule has 2 aromatic carbocycles. The SMILES string of the molecule is COCCCNC(=O)c1cc(-c2c[nH]c3ccc(Cl)cc23)nc2ccc(C#CCN3CCCCC3)cc12. The predicted octanol–water partition coefficient (Wildman–Crippen LogP) is 5.64. The van der Waals surface area contributed by atoms with Crippen LogP contribution in [-0.2, 0) is 4.74 Å². The number of halogens is 1. The molecule has 1 amide bonds. The van der Waals surface area contributed by atoms with Crippen molar-refractivity contribution in [2.75, 3.05) is 39.9 Å². The van der Waals surface area contributed by atoms with Crippen molar-refractivity contribution in [2.24, 2.45) is 0 Å². The quantitative estimate of drug-likeness (QED) is 0.247. The summed E-state index contributed by atoms with van der Waals surface area (Å²) in [4.78, 5) is 24.0. The maximum absolute atomic E-state index is 13.3. The molecule has 190 valence electrons. The van der Waals surface area contributed by atoms with Crippen molar-refractivity contribution in [2.45, 2.75) is 25.7 Å². The second kappa shape index (κ2) is 11.8. The molecule has 2 aromatic heterocycles. The number of amides is 1. The summed E-state index contributed by atoms with van der Waals surface area (Å²) in [5.74, 6) is 6.47. The number of carbonyl (C=O) groups is 1. The Bertz CT molecular complexity index is 1480. The van der Waals surface area contributed by atoms with Crippen LogP contribution in [0.1, 0.15) is 41.6 Å². The Morgan fingerprint density at radius 1 is 1.14 bits per heavy atom. The lowest BCUT2D eigenvalue weighted by atomic mass is 10.0. The van der Waals surface area contributed by atoms with Gasteiger partial charge in [-0.3, -0.25) is 9.69 Å². The molecule has 0 atom stereocenters. The average Bonchev–Trinajstić information content (AvgIpc) is 3.34. The van der Waals surface area contributed by atoms with Gasteiger partial charge in [-0.05, 0) is 74.8 Å². The minimum atomic E-state index is -0.138. The van der Waals surface area contributed by atoms with Crippen LogP contribution in [-0.4, -0.2) is 60.7 Å². The highest BCUT2D eigenvalue weighted by molar-refractivity contribution is 6.31. The molecule has 1 aliphatic heterocycles. The number of piperidine rings is 1. The fraction of sp³-hybridized carbons (Fsp3) is 0.333. The molecular weight excluding hydrogens is 484 g/mol. The predicted molar refractivity (Wildman–Crippen MR) is 150 cm³/mol. The Morgan fingerprint density at radius 3 is 2.84 bits per heavy atom. The van der Waals surface area contributed by atoms with Crippen molar-refractivity contribution in [1.29, 1.82) is 0 Å². The number of methoxy groups -OCH3 is 1. The van der Waals surface area contributed by atoms with Crippen LogP contribution in [0.2, 0.25) is 5.02 Å². The molecule has 5 rings (SSSR count). The van der Waals surface area contributed by atoms with Gasteiger partial charge in [0.1, 0.15) is 0 Å². The number of ether oxygens (including phenoxy) is 1. The van der Waals surface area contributed by atoms with E-state index >= 15 is 0 Å². The number of rotatable bonds is 7. The van der Waals surface area contributed by atoms with Gasteiger partial charge in [0.15, 0.2) is 0 Å². The number of fused-ring (bicyclic) bond motifs is 2. The molecule has 4 aromatic rings. The molecule has 0 radical (unpaired) electrons. The Kier molecular flexibility index (Phi) is 8.05. The number of pyridine rings is 1. The molecule has 0 unspecified atom stereocenters. The van der Waals surface area contributed by atoms with Gasteiger partial charge in [-0.25, -0.2) is 4.98 Å². The molecule has 1 aliphatic rings. The van der Waals surface area contributed by atoms with Gasteiger partial charge in [-0.1, -0.05) is 29.9 Å². The molecule has 2 N–H and O–H groups in total. The van der Waals surface area contributed by atoms with Crippen molar-refractivity contribution in [3.05, 3.63) is 64.8 Å². The number of carbonyl (C=O) groups excluding carboxylic acids is 1. The van der Waals surface area contributed by atoms with E-state index in [0.717, 1.165) is 59.0 Å². The fourth-order valence-electron chi connectivity index (χ4n) is 4.82. The van der Waals surface area contributed by atoms with Gasteiger partial charge in [0.25, 0.3) is 5.91 Å². The van der Waals surface area contributed by atoms with Crippen LogP contribution in [0.3, 0.4) is 0 Å². The number of hydrogen-bond donors (Lipinski definition) is 2. The van der Waals surface area contributed by atoms with Gasteiger partial charge in [-0.2, -0.15) is 0 Å². The lowest BCUT2D eigenvalue weighted by Crippen LogP contribution is -2.29. The molecule has 1 saturated heterocycles. The number of benzene rings is 2. The second-order valence-electron chi connectivity index (χ2n) is 9.42.